The van der Waals surface area contributed by atoms with Gasteiger partial charge < -0.3 is 166 Å². The first-order valence-corrected chi connectivity index (χ1v) is 13.9. The van der Waals surface area contributed by atoms with Gasteiger partial charge in [-0.2, -0.15) is 0 Å². The first kappa shape index (κ1) is 46.0. The van der Waals surface area contributed by atoms with Crippen molar-refractivity contribution in [1.29, 1.82) is 0 Å². The van der Waals surface area contributed by atoms with E-state index in [9.17, 15) is 0 Å². The van der Waals surface area contributed by atoms with E-state index in [-0.39, 0.29) is 36.6 Å². The van der Waals surface area contributed by atoms with Gasteiger partial charge in [-0.15, -0.1) is 0 Å². The van der Waals surface area contributed by atoms with Crippen LogP contribution in [0.2, 0.25) is 0 Å². The van der Waals surface area contributed by atoms with Gasteiger partial charge in [0.15, 0.2) is 0 Å². The van der Waals surface area contributed by atoms with Crippen LogP contribution in [0.15, 0.2) is 0 Å². The molecule has 33 heavy (non-hydrogen) atoms. The van der Waals surface area contributed by atoms with Crippen LogP contribution in [-0.2, 0) is 123 Å². The van der Waals surface area contributed by atoms with Crippen molar-refractivity contribution in [3.8, 4) is 0 Å². The molecule has 4 nitrogen and oxygen atoms in total. The van der Waals surface area contributed by atoms with Crippen LogP contribution in [0, 0.1) is 0 Å². The molecule has 194 valence electrons. The molecule has 0 heterocycles. The van der Waals surface area contributed by atoms with Crippen LogP contribution < -0.4 is 0 Å². The minimum Gasteiger partial charge on any atom is -0.490 e. The molecule has 0 aliphatic carbocycles. The van der Waals surface area contributed by atoms with E-state index in [0.717, 1.165) is 26.2 Å². The Morgan fingerprint density at radius 3 is 0.545 bits per heavy atom. The molecular formula is C16H32MoN4S12. The average molecular weight is 761 g/mol. The molecule has 0 aromatic heterocycles. The van der Waals surface area contributed by atoms with Crippen molar-refractivity contribution in [2.75, 3.05) is 54.4 Å². The standard InChI is InChI=1S/4C4H9NS3.Mo/c4*1-3-5(2,8)4(6)7;/h4*3H2,1-2H3,(H,6,7);/q;;;;+4/p-4. The Balaban J connectivity index is -0.000000105. The molecule has 0 saturated heterocycles. The van der Waals surface area contributed by atoms with Crippen LogP contribution in [0.4, 0.5) is 0 Å². The van der Waals surface area contributed by atoms with Gasteiger partial charge >= 0.3 is 21.1 Å². The Morgan fingerprint density at radius 1 is 0.455 bits per heavy atom. The third-order valence-electron chi connectivity index (χ3n) is 3.96. The average Bonchev–Trinajstić information content (AvgIpc) is 2.68. The molecule has 0 aromatic carbocycles. The second kappa shape index (κ2) is 22.0. The molecule has 0 saturated carbocycles. The van der Waals surface area contributed by atoms with Gasteiger partial charge in [-0.1, -0.05) is 0 Å². The van der Waals surface area contributed by atoms with Crippen molar-refractivity contribution >= 4 is 168 Å². The molecule has 4 unspecified atom stereocenters. The summed E-state index contributed by atoms with van der Waals surface area (Å²) in [5.41, 5.74) is 0. The van der Waals surface area contributed by atoms with E-state index in [4.69, 9.17) is 151 Å². The zero-order valence-corrected chi connectivity index (χ0v) is 31.7. The number of nitrogens with zero attached hydrogens (tertiary/aromatic N) is 4. The smallest absolute Gasteiger partial charge is 0.490 e. The van der Waals surface area contributed by atoms with Gasteiger partial charge in [0, 0.05) is 17.3 Å². The fourth-order valence-electron chi connectivity index (χ4n) is 0.516. The topological polar surface area (TPSA) is 0 Å². The van der Waals surface area contributed by atoms with Crippen LogP contribution in [0.25, 0.3) is 0 Å². The fraction of sp³-hybridized carbons (Fsp3) is 0.750. The van der Waals surface area contributed by atoms with Crippen molar-refractivity contribution in [3.05, 3.63) is 0 Å². The second-order valence-electron chi connectivity index (χ2n) is 6.73. The van der Waals surface area contributed by atoms with Crippen LogP contribution >= 0.6 is 48.9 Å². The minimum absolute atomic E-state index is 0. The fourth-order valence-corrected chi connectivity index (χ4v) is 1.55. The maximum absolute atomic E-state index is 4.96. The normalized spacial score (nSPS) is 16.8. The summed E-state index contributed by atoms with van der Waals surface area (Å²) in [5, 5.41) is 0. The number of quaternary nitrogens is 4. The third-order valence-corrected chi connectivity index (χ3v) is 9.87. The van der Waals surface area contributed by atoms with Crippen molar-refractivity contribution in [3.63, 3.8) is 0 Å². The number of rotatable bonds is 4. The molecule has 0 aliphatic rings. The summed E-state index contributed by atoms with van der Waals surface area (Å²) in [6, 6.07) is 0. The van der Waals surface area contributed by atoms with Gasteiger partial charge in [0.1, 0.15) is 0 Å². The van der Waals surface area contributed by atoms with E-state index in [2.05, 4.69) is 0 Å². The van der Waals surface area contributed by atoms with Gasteiger partial charge in [-0.25, -0.2) is 0 Å². The molecule has 4 atom stereocenters. The first-order chi connectivity index (χ1) is 14.0. The van der Waals surface area contributed by atoms with E-state index in [1.54, 1.807) is 0 Å². The van der Waals surface area contributed by atoms with Gasteiger partial charge in [0.2, 0.25) is 0 Å². The molecule has 0 aromatic rings. The van der Waals surface area contributed by atoms with Gasteiger partial charge in [-0.05, 0) is 27.7 Å². The minimum atomic E-state index is 0. The van der Waals surface area contributed by atoms with E-state index in [1.807, 2.05) is 55.9 Å². The predicted molar refractivity (Wildman–Crippen MR) is 176 cm³/mol. The maximum Gasteiger partial charge on any atom is 4.00 e. The third kappa shape index (κ3) is 25.2. The monoisotopic (exact) mass is 762 g/mol. The van der Waals surface area contributed by atoms with E-state index < -0.39 is 0 Å². The SMILES string of the molecule is CC[N+](C)([S-])C(=S)[S-].CC[N+](C)([S-])C(=S)[S-].CC[N+](C)([S-])C(=S)[S-].CC[N+](C)([S-])C(=S)[S-].[Mo+4]. The summed E-state index contributed by atoms with van der Waals surface area (Å²) in [6.07, 6.45) is 0. The summed E-state index contributed by atoms with van der Waals surface area (Å²) >= 11 is 57.6. The zero-order valence-electron chi connectivity index (χ0n) is 19.9. The molecule has 0 aliphatic heterocycles. The Kier molecular flexibility index (Phi) is 30.7. The summed E-state index contributed by atoms with van der Waals surface area (Å²) in [4.78, 5) is 0. The maximum atomic E-state index is 4.96. The van der Waals surface area contributed by atoms with Gasteiger partial charge in [-0.3, -0.25) is 0 Å². The molecule has 0 bridgehead atoms. The van der Waals surface area contributed by atoms with Crippen molar-refractivity contribution in [2.24, 2.45) is 0 Å². The summed E-state index contributed by atoms with van der Waals surface area (Å²) < 4.78 is 2.81. The van der Waals surface area contributed by atoms with E-state index in [0.29, 0.717) is 17.3 Å². The second-order valence-corrected chi connectivity index (χ2v) is 14.1. The van der Waals surface area contributed by atoms with Crippen molar-refractivity contribution < 1.29 is 36.6 Å². The molecule has 0 fully saturated rings. The summed E-state index contributed by atoms with van der Waals surface area (Å²) in [5.74, 6) is 0. The molecule has 0 amide bonds. The summed E-state index contributed by atoms with van der Waals surface area (Å²) in [6.45, 7) is 11.0. The molecule has 0 N–H and O–H groups in total. The molecular weight excluding hydrogens is 729 g/mol. The van der Waals surface area contributed by atoms with E-state index >= 15 is 0 Å². The van der Waals surface area contributed by atoms with Crippen LogP contribution in [0.3, 0.4) is 0 Å². The largest absolute Gasteiger partial charge is 4.00 e. The number of hydrogen-bond donors (Lipinski definition) is 0. The number of hydrogen-bond acceptors (Lipinski definition) is 12. The Bertz CT molecular complexity index is 508. The predicted octanol–water partition coefficient (Wildman–Crippen LogP) is 2.98. The Labute approximate surface area is 283 Å². The van der Waals surface area contributed by atoms with Gasteiger partial charge in [0.05, 0.1) is 54.4 Å². The van der Waals surface area contributed by atoms with Crippen LogP contribution in [-0.4, -0.2) is 87.2 Å². The van der Waals surface area contributed by atoms with Gasteiger partial charge in [0.25, 0.3) is 0 Å². The van der Waals surface area contributed by atoms with Crippen LogP contribution in [0.5, 0.6) is 0 Å². The number of thiocarbonyl (C=S) groups is 4. The van der Waals surface area contributed by atoms with E-state index in [1.165, 1.54) is 0 Å². The van der Waals surface area contributed by atoms with Crippen molar-refractivity contribution in [1.82, 2.24) is 0 Å². The quantitative estimate of drug-likeness (QED) is 0.179. The van der Waals surface area contributed by atoms with Crippen LogP contribution in [0.1, 0.15) is 27.7 Å². The Hall–Kier alpha value is 3.17. The molecule has 0 rings (SSSR count). The van der Waals surface area contributed by atoms with Crippen molar-refractivity contribution in [2.45, 2.75) is 27.7 Å². The molecule has 17 heteroatoms. The summed E-state index contributed by atoms with van der Waals surface area (Å²) in [7, 11) is 7.30. The Morgan fingerprint density at radius 2 is 0.545 bits per heavy atom. The molecule has 0 spiro atoms. The zero-order chi connectivity index (χ0) is 27.1. The molecule has 0 radical (unpaired) electrons. The first-order valence-electron chi connectivity index (χ1n) is 9.14.